The molecule has 0 saturated heterocycles. The Bertz CT molecular complexity index is 465. The quantitative estimate of drug-likeness (QED) is 0.517. The molecule has 1 amide bonds. The van der Waals surface area contributed by atoms with E-state index in [2.05, 4.69) is 5.32 Å². The van der Waals surface area contributed by atoms with Gasteiger partial charge in [0.1, 0.15) is 5.75 Å². The Kier molecular flexibility index (Phi) is 6.41. The van der Waals surface area contributed by atoms with E-state index in [4.69, 9.17) is 14.6 Å². The number of benzene rings is 1. The van der Waals surface area contributed by atoms with Gasteiger partial charge in [-0.3, -0.25) is 14.9 Å². The van der Waals surface area contributed by atoms with Crippen LogP contribution in [0, 0.1) is 10.1 Å². The van der Waals surface area contributed by atoms with Crippen molar-refractivity contribution in [2.24, 2.45) is 0 Å². The average Bonchev–Trinajstić information content (AvgIpc) is 2.45. The van der Waals surface area contributed by atoms with Crippen LogP contribution >= 0.6 is 0 Å². The maximum atomic E-state index is 11.5. The summed E-state index contributed by atoms with van der Waals surface area (Å²) in [6.45, 7) is -0.378. The van der Waals surface area contributed by atoms with Crippen molar-refractivity contribution in [2.75, 3.05) is 26.9 Å². The van der Waals surface area contributed by atoms with Gasteiger partial charge in [0.05, 0.1) is 30.2 Å². The predicted octanol–water partition coefficient (Wildman–Crippen LogP) is 0.0971. The number of carbonyl (C=O) groups excluding carboxylic acids is 1. The Labute approximate surface area is 115 Å². The van der Waals surface area contributed by atoms with Crippen molar-refractivity contribution in [1.82, 2.24) is 5.32 Å². The van der Waals surface area contributed by atoms with Crippen LogP contribution in [0.2, 0.25) is 0 Å². The first kappa shape index (κ1) is 15.9. The molecule has 1 aromatic rings. The number of hydrogen-bond donors (Lipinski definition) is 2. The van der Waals surface area contributed by atoms with Crippen LogP contribution in [0.15, 0.2) is 24.3 Å². The molecule has 0 heterocycles. The number of non-ortho nitro benzene ring substituents is 1. The number of nitro groups is 1. The highest BCUT2D eigenvalue weighted by atomic mass is 16.6. The second kappa shape index (κ2) is 8.08. The summed E-state index contributed by atoms with van der Waals surface area (Å²) in [7, 11) is 1.45. The Morgan fingerprint density at radius 1 is 1.55 bits per heavy atom. The summed E-state index contributed by atoms with van der Waals surface area (Å²) < 4.78 is 9.95. The van der Waals surface area contributed by atoms with Gasteiger partial charge in [-0.05, 0) is 6.07 Å². The SMILES string of the molecule is COCC(CO)NC(=O)COc1cccc([N+](=O)[O-])c1. The molecule has 1 aromatic carbocycles. The van der Waals surface area contributed by atoms with E-state index in [1.807, 2.05) is 0 Å². The minimum absolute atomic E-state index is 0.115. The third-order valence-electron chi connectivity index (χ3n) is 2.35. The molecule has 0 saturated carbocycles. The second-order valence-electron chi connectivity index (χ2n) is 3.95. The fraction of sp³-hybridized carbons (Fsp3) is 0.417. The first-order valence-corrected chi connectivity index (χ1v) is 5.83. The summed E-state index contributed by atoms with van der Waals surface area (Å²) >= 11 is 0. The van der Waals surface area contributed by atoms with Gasteiger partial charge in [0.15, 0.2) is 6.61 Å². The van der Waals surface area contributed by atoms with E-state index >= 15 is 0 Å². The summed E-state index contributed by atoms with van der Waals surface area (Å²) in [6.07, 6.45) is 0. The fourth-order valence-electron chi connectivity index (χ4n) is 1.45. The maximum absolute atomic E-state index is 11.5. The topological polar surface area (TPSA) is 111 Å². The summed E-state index contributed by atoms with van der Waals surface area (Å²) in [6, 6.07) is 5.02. The molecule has 20 heavy (non-hydrogen) atoms. The monoisotopic (exact) mass is 284 g/mol. The van der Waals surface area contributed by atoms with Crippen molar-refractivity contribution < 1.29 is 24.3 Å². The minimum Gasteiger partial charge on any atom is -0.484 e. The van der Waals surface area contributed by atoms with E-state index in [0.717, 1.165) is 0 Å². The zero-order valence-corrected chi connectivity index (χ0v) is 10.9. The molecule has 8 nitrogen and oxygen atoms in total. The number of nitrogens with zero attached hydrogens (tertiary/aromatic N) is 1. The van der Waals surface area contributed by atoms with Crippen LogP contribution in [0.4, 0.5) is 5.69 Å². The third-order valence-corrected chi connectivity index (χ3v) is 2.35. The molecule has 0 spiro atoms. The first-order valence-electron chi connectivity index (χ1n) is 5.83. The molecule has 1 unspecified atom stereocenters. The molecule has 8 heteroatoms. The van der Waals surface area contributed by atoms with Crippen molar-refractivity contribution in [3.63, 3.8) is 0 Å². The van der Waals surface area contributed by atoms with E-state index < -0.39 is 16.9 Å². The Morgan fingerprint density at radius 2 is 2.30 bits per heavy atom. The number of amides is 1. The first-order chi connectivity index (χ1) is 9.56. The normalized spacial score (nSPS) is 11.7. The molecule has 1 rings (SSSR count). The van der Waals surface area contributed by atoms with Crippen molar-refractivity contribution >= 4 is 11.6 Å². The number of aliphatic hydroxyl groups excluding tert-OH is 1. The van der Waals surface area contributed by atoms with Crippen molar-refractivity contribution in [3.8, 4) is 5.75 Å². The minimum atomic E-state index is -0.548. The Hall–Kier alpha value is -2.19. The van der Waals surface area contributed by atoms with E-state index in [9.17, 15) is 14.9 Å². The highest BCUT2D eigenvalue weighted by Crippen LogP contribution is 2.18. The second-order valence-corrected chi connectivity index (χ2v) is 3.95. The maximum Gasteiger partial charge on any atom is 0.273 e. The van der Waals surface area contributed by atoms with Crippen LogP contribution in [-0.2, 0) is 9.53 Å². The highest BCUT2D eigenvalue weighted by Gasteiger charge is 2.12. The summed E-state index contributed by atoms with van der Waals surface area (Å²) in [5.74, 6) is -0.228. The van der Waals surface area contributed by atoms with Crippen LogP contribution in [0.25, 0.3) is 0 Å². The lowest BCUT2D eigenvalue weighted by atomic mass is 10.3. The number of ether oxygens (including phenoxy) is 2. The van der Waals surface area contributed by atoms with Crippen LogP contribution < -0.4 is 10.1 Å². The van der Waals surface area contributed by atoms with Crippen LogP contribution in [0.5, 0.6) is 5.75 Å². The van der Waals surface area contributed by atoms with E-state index in [-0.39, 0.29) is 31.3 Å². The van der Waals surface area contributed by atoms with Crippen molar-refractivity contribution in [2.45, 2.75) is 6.04 Å². The molecule has 0 bridgehead atoms. The van der Waals surface area contributed by atoms with Gasteiger partial charge in [0, 0.05) is 13.2 Å². The van der Waals surface area contributed by atoms with Gasteiger partial charge in [0.25, 0.3) is 11.6 Å². The molecule has 0 radical (unpaired) electrons. The summed E-state index contributed by atoms with van der Waals surface area (Å²) in [4.78, 5) is 21.6. The van der Waals surface area contributed by atoms with Gasteiger partial charge < -0.3 is 19.9 Å². The fourth-order valence-corrected chi connectivity index (χ4v) is 1.45. The van der Waals surface area contributed by atoms with Crippen molar-refractivity contribution in [3.05, 3.63) is 34.4 Å². The lowest BCUT2D eigenvalue weighted by Gasteiger charge is -2.15. The number of rotatable bonds is 8. The van der Waals surface area contributed by atoms with Gasteiger partial charge in [-0.1, -0.05) is 6.07 Å². The van der Waals surface area contributed by atoms with Gasteiger partial charge in [-0.2, -0.15) is 0 Å². The van der Waals surface area contributed by atoms with E-state index in [1.165, 1.54) is 31.4 Å². The van der Waals surface area contributed by atoms with E-state index in [0.29, 0.717) is 0 Å². The lowest BCUT2D eigenvalue weighted by molar-refractivity contribution is -0.384. The number of methoxy groups -OCH3 is 1. The van der Waals surface area contributed by atoms with Crippen molar-refractivity contribution in [1.29, 1.82) is 0 Å². The van der Waals surface area contributed by atoms with E-state index in [1.54, 1.807) is 0 Å². The molecular formula is C12H16N2O6. The number of aliphatic hydroxyl groups is 1. The zero-order valence-electron chi connectivity index (χ0n) is 10.9. The molecule has 0 aromatic heterocycles. The van der Waals surface area contributed by atoms with Gasteiger partial charge in [-0.25, -0.2) is 0 Å². The molecule has 0 fully saturated rings. The number of nitrogens with one attached hydrogen (secondary N) is 1. The average molecular weight is 284 g/mol. The Balaban J connectivity index is 2.48. The highest BCUT2D eigenvalue weighted by molar-refractivity contribution is 5.77. The van der Waals surface area contributed by atoms with Gasteiger partial charge in [0.2, 0.25) is 0 Å². The molecule has 0 aliphatic rings. The number of nitro benzene ring substituents is 1. The molecule has 0 aliphatic heterocycles. The molecule has 110 valence electrons. The largest absolute Gasteiger partial charge is 0.484 e. The van der Waals surface area contributed by atoms with Gasteiger partial charge >= 0.3 is 0 Å². The van der Waals surface area contributed by atoms with Crippen LogP contribution in [0.1, 0.15) is 0 Å². The smallest absolute Gasteiger partial charge is 0.273 e. The number of hydrogen-bond acceptors (Lipinski definition) is 6. The lowest BCUT2D eigenvalue weighted by Crippen LogP contribution is -2.42. The third kappa shape index (κ3) is 5.21. The molecule has 0 aliphatic carbocycles. The predicted molar refractivity (Wildman–Crippen MR) is 69.5 cm³/mol. The standard InChI is InChI=1S/C12H16N2O6/c1-19-7-9(6-15)13-12(16)8-20-11-4-2-3-10(5-11)14(17)18/h2-5,9,15H,6-8H2,1H3,(H,13,16). The zero-order chi connectivity index (χ0) is 15.0. The van der Waals surface area contributed by atoms with Gasteiger partial charge in [-0.15, -0.1) is 0 Å². The molecule has 2 N–H and O–H groups in total. The van der Waals surface area contributed by atoms with Crippen LogP contribution in [0.3, 0.4) is 0 Å². The molecule has 1 atom stereocenters. The number of carbonyl (C=O) groups is 1. The van der Waals surface area contributed by atoms with Crippen LogP contribution in [-0.4, -0.2) is 48.9 Å². The summed E-state index contributed by atoms with van der Waals surface area (Å²) in [5.41, 5.74) is -0.115. The summed E-state index contributed by atoms with van der Waals surface area (Å²) in [5, 5.41) is 22.1. The molecular weight excluding hydrogens is 268 g/mol. The Morgan fingerprint density at radius 3 is 2.90 bits per heavy atom.